The Bertz CT molecular complexity index is 851. The van der Waals surface area contributed by atoms with E-state index < -0.39 is 11.7 Å². The molecule has 9 heteroatoms. The van der Waals surface area contributed by atoms with Crippen molar-refractivity contribution in [2.45, 2.75) is 12.6 Å². The summed E-state index contributed by atoms with van der Waals surface area (Å²) in [6.45, 7) is 6.44. The Hall–Kier alpha value is -2.10. The van der Waals surface area contributed by atoms with Gasteiger partial charge in [-0.3, -0.25) is 4.90 Å². The van der Waals surface area contributed by atoms with Crippen LogP contribution in [0.3, 0.4) is 0 Å². The number of aromatic nitrogens is 2. The van der Waals surface area contributed by atoms with E-state index in [4.69, 9.17) is 0 Å². The summed E-state index contributed by atoms with van der Waals surface area (Å²) in [5.74, 6) is 0. The number of rotatable bonds is 5. The number of alkyl halides is 3. The monoisotopic (exact) mass is 394 g/mol. The number of hydrogen-bond donors (Lipinski definition) is 4. The number of nitrogens with one attached hydrogen (secondary N) is 4. The van der Waals surface area contributed by atoms with Crippen molar-refractivity contribution in [2.75, 3.05) is 57.7 Å². The Morgan fingerprint density at radius 3 is 2.68 bits per heavy atom. The maximum absolute atomic E-state index is 13.6. The predicted octanol–water partition coefficient (Wildman–Crippen LogP) is 2.28. The van der Waals surface area contributed by atoms with Crippen LogP contribution in [0.5, 0.6) is 0 Å². The molecular formula is C19H25F3N6. The first-order chi connectivity index (χ1) is 13.5. The van der Waals surface area contributed by atoms with Crippen molar-refractivity contribution in [3.05, 3.63) is 29.6 Å². The highest BCUT2D eigenvalue weighted by atomic mass is 19.4. The average molecular weight is 394 g/mol. The lowest BCUT2D eigenvalue weighted by atomic mass is 10.1. The Morgan fingerprint density at radius 1 is 1.14 bits per heavy atom. The summed E-state index contributed by atoms with van der Waals surface area (Å²) in [5.41, 5.74) is 1.83. The van der Waals surface area contributed by atoms with Gasteiger partial charge in [0.25, 0.3) is 0 Å². The molecule has 28 heavy (non-hydrogen) atoms. The molecule has 6 nitrogen and oxygen atoms in total. The lowest BCUT2D eigenvalue weighted by Crippen LogP contribution is -2.45. The fraction of sp³-hybridized carbons (Fsp3) is 0.526. The highest BCUT2D eigenvalue weighted by Crippen LogP contribution is 2.39. The lowest BCUT2D eigenvalue weighted by Gasteiger charge is -2.27. The van der Waals surface area contributed by atoms with Crippen molar-refractivity contribution in [3.8, 4) is 0 Å². The molecule has 4 heterocycles. The van der Waals surface area contributed by atoms with Crippen molar-refractivity contribution in [3.63, 3.8) is 0 Å². The number of H-pyrrole nitrogens is 1. The van der Waals surface area contributed by atoms with Gasteiger partial charge in [0, 0.05) is 63.1 Å². The molecule has 0 aromatic carbocycles. The van der Waals surface area contributed by atoms with Crippen molar-refractivity contribution < 1.29 is 13.2 Å². The first-order valence-electron chi connectivity index (χ1n) is 9.68. The van der Waals surface area contributed by atoms with Crippen molar-refractivity contribution in [1.29, 1.82) is 0 Å². The van der Waals surface area contributed by atoms with Crippen LogP contribution in [-0.4, -0.2) is 67.2 Å². The minimum absolute atomic E-state index is 0.115. The molecule has 0 unspecified atom stereocenters. The molecule has 2 aromatic heterocycles. The van der Waals surface area contributed by atoms with Crippen LogP contribution < -0.4 is 16.0 Å². The van der Waals surface area contributed by atoms with Crippen molar-refractivity contribution in [1.82, 2.24) is 25.5 Å². The van der Waals surface area contributed by atoms with Crippen LogP contribution in [0.4, 0.5) is 18.9 Å². The van der Waals surface area contributed by atoms with Crippen LogP contribution >= 0.6 is 0 Å². The Labute approximate surface area is 161 Å². The molecule has 2 aromatic rings. The van der Waals surface area contributed by atoms with Gasteiger partial charge in [-0.05, 0) is 24.6 Å². The van der Waals surface area contributed by atoms with Gasteiger partial charge in [-0.25, -0.2) is 4.98 Å². The molecule has 0 amide bonds. The number of aromatic amines is 1. The highest BCUT2D eigenvalue weighted by molar-refractivity contribution is 5.94. The molecule has 0 bridgehead atoms. The van der Waals surface area contributed by atoms with Gasteiger partial charge in [0.05, 0.1) is 11.3 Å². The highest BCUT2D eigenvalue weighted by Gasteiger charge is 2.35. The summed E-state index contributed by atoms with van der Waals surface area (Å²) in [6.07, 6.45) is -0.627. The second-order valence-electron chi connectivity index (χ2n) is 7.19. The molecule has 1 saturated heterocycles. The summed E-state index contributed by atoms with van der Waals surface area (Å²) in [6, 6.07) is 1.79. The minimum Gasteiger partial charge on any atom is -0.383 e. The fourth-order valence-corrected chi connectivity index (χ4v) is 3.79. The number of halogens is 3. The Morgan fingerprint density at radius 2 is 1.96 bits per heavy atom. The number of nitrogens with zero attached hydrogens (tertiary/aromatic N) is 2. The smallest absolute Gasteiger partial charge is 0.383 e. The van der Waals surface area contributed by atoms with Gasteiger partial charge in [0.15, 0.2) is 0 Å². The number of fused-ring (bicyclic) bond motifs is 1. The summed E-state index contributed by atoms with van der Waals surface area (Å²) < 4.78 is 40.8. The molecule has 0 atom stereocenters. The number of hydrogen-bond acceptors (Lipinski definition) is 5. The summed E-state index contributed by atoms with van der Waals surface area (Å²) >= 11 is 0. The zero-order chi connectivity index (χ0) is 19.6. The van der Waals surface area contributed by atoms with Gasteiger partial charge in [-0.2, -0.15) is 13.2 Å². The van der Waals surface area contributed by atoms with E-state index in [0.29, 0.717) is 24.1 Å². The molecular weight excluding hydrogens is 369 g/mol. The summed E-state index contributed by atoms with van der Waals surface area (Å²) in [5, 5.41) is 10.1. The predicted molar refractivity (Wildman–Crippen MR) is 104 cm³/mol. The maximum Gasteiger partial charge on any atom is 0.419 e. The molecule has 0 saturated carbocycles. The standard InChI is InChI=1S/C19H25F3N6/c20-19(21,22)15-12-26-18-14(11-16(27-18)13-1-3-23-4-2-13)17(15)25-7-10-28-8-5-24-6-9-28/h1,11-12,23-24H,2-10H2,(H2,25,26,27). The quantitative estimate of drug-likeness (QED) is 0.627. The first-order valence-corrected chi connectivity index (χ1v) is 9.68. The zero-order valence-corrected chi connectivity index (χ0v) is 15.6. The lowest BCUT2D eigenvalue weighted by molar-refractivity contribution is -0.137. The molecule has 1 fully saturated rings. The second kappa shape index (κ2) is 8.10. The molecule has 4 N–H and O–H groups in total. The molecule has 152 valence electrons. The van der Waals surface area contributed by atoms with Crippen LogP contribution in [0.15, 0.2) is 18.3 Å². The SMILES string of the molecule is FC(F)(F)c1cnc2[nH]c(C3=CCNCC3)cc2c1NCCN1CCNCC1. The topological polar surface area (TPSA) is 68.0 Å². The molecule has 0 radical (unpaired) electrons. The summed E-state index contributed by atoms with van der Waals surface area (Å²) in [4.78, 5) is 9.48. The normalized spacial score (nSPS) is 19.0. The third-order valence-electron chi connectivity index (χ3n) is 5.31. The van der Waals surface area contributed by atoms with Gasteiger partial charge in [-0.1, -0.05) is 6.08 Å². The molecule has 2 aliphatic rings. The maximum atomic E-state index is 13.6. The number of anilines is 1. The fourth-order valence-electron chi connectivity index (χ4n) is 3.79. The van der Waals surface area contributed by atoms with Gasteiger partial charge in [0.1, 0.15) is 5.65 Å². The van der Waals surface area contributed by atoms with Crippen LogP contribution in [0.1, 0.15) is 17.7 Å². The van der Waals surface area contributed by atoms with E-state index in [-0.39, 0.29) is 5.69 Å². The van der Waals surface area contributed by atoms with Gasteiger partial charge in [0.2, 0.25) is 0 Å². The zero-order valence-electron chi connectivity index (χ0n) is 15.6. The average Bonchev–Trinajstić information content (AvgIpc) is 3.13. The van der Waals surface area contributed by atoms with E-state index in [1.54, 1.807) is 6.07 Å². The van der Waals surface area contributed by atoms with Crippen LogP contribution in [0, 0.1) is 0 Å². The second-order valence-corrected chi connectivity index (χ2v) is 7.19. The molecule has 2 aliphatic heterocycles. The Balaban J connectivity index is 1.62. The van der Waals surface area contributed by atoms with E-state index in [9.17, 15) is 13.2 Å². The molecule has 0 aliphatic carbocycles. The van der Waals surface area contributed by atoms with E-state index in [0.717, 1.165) is 63.2 Å². The number of pyridine rings is 1. The largest absolute Gasteiger partial charge is 0.419 e. The summed E-state index contributed by atoms with van der Waals surface area (Å²) in [7, 11) is 0. The van der Waals surface area contributed by atoms with Crippen LogP contribution in [0.2, 0.25) is 0 Å². The minimum atomic E-state index is -4.45. The van der Waals surface area contributed by atoms with Gasteiger partial charge in [-0.15, -0.1) is 0 Å². The van der Waals surface area contributed by atoms with Crippen LogP contribution in [-0.2, 0) is 6.18 Å². The van der Waals surface area contributed by atoms with Crippen molar-refractivity contribution in [2.24, 2.45) is 0 Å². The van der Waals surface area contributed by atoms with Gasteiger partial charge < -0.3 is 20.9 Å². The number of piperazine rings is 1. The van der Waals surface area contributed by atoms with E-state index >= 15 is 0 Å². The van der Waals surface area contributed by atoms with E-state index in [1.165, 1.54) is 0 Å². The van der Waals surface area contributed by atoms with E-state index in [2.05, 4.69) is 36.9 Å². The van der Waals surface area contributed by atoms with Crippen molar-refractivity contribution >= 4 is 22.3 Å². The van der Waals surface area contributed by atoms with Crippen LogP contribution in [0.25, 0.3) is 16.6 Å². The molecule has 4 rings (SSSR count). The molecule has 0 spiro atoms. The third-order valence-corrected chi connectivity index (χ3v) is 5.31. The first kappa shape index (κ1) is 19.2. The van der Waals surface area contributed by atoms with E-state index in [1.807, 2.05) is 0 Å². The van der Waals surface area contributed by atoms with Gasteiger partial charge >= 0.3 is 6.18 Å². The third kappa shape index (κ3) is 4.16. The Kier molecular flexibility index (Phi) is 5.56.